The molecule has 1 aromatic heterocycles. The molecule has 2 amide bonds. The monoisotopic (exact) mass is 344 g/mol. The molecule has 0 saturated carbocycles. The van der Waals surface area contributed by atoms with Gasteiger partial charge in [0.1, 0.15) is 5.69 Å². The minimum absolute atomic E-state index is 0.112. The number of nitrogens with one attached hydrogen (secondary N) is 3. The Morgan fingerprint density at radius 3 is 3.00 bits per heavy atom. The largest absolute Gasteiger partial charge is 0.493 e. The van der Waals surface area contributed by atoms with Crippen LogP contribution in [0.5, 0.6) is 17.2 Å². The molecule has 25 heavy (non-hydrogen) atoms. The van der Waals surface area contributed by atoms with Gasteiger partial charge >= 0.3 is 0 Å². The summed E-state index contributed by atoms with van der Waals surface area (Å²) in [6.45, 7) is 0.112. The first-order valence-corrected chi connectivity index (χ1v) is 7.70. The zero-order valence-electron chi connectivity index (χ0n) is 13.6. The zero-order valence-corrected chi connectivity index (χ0v) is 13.6. The molecule has 0 radical (unpaired) electrons. The third-order valence-electron chi connectivity index (χ3n) is 4.34. The van der Waals surface area contributed by atoms with Crippen LogP contribution in [0.15, 0.2) is 12.1 Å². The van der Waals surface area contributed by atoms with Crippen molar-refractivity contribution < 1.29 is 23.8 Å². The Kier molecular flexibility index (Phi) is 3.48. The van der Waals surface area contributed by atoms with E-state index in [9.17, 15) is 9.59 Å². The molecule has 9 heteroatoms. The van der Waals surface area contributed by atoms with E-state index in [0.29, 0.717) is 34.3 Å². The Morgan fingerprint density at radius 2 is 2.24 bits per heavy atom. The van der Waals surface area contributed by atoms with E-state index in [1.807, 2.05) is 0 Å². The van der Waals surface area contributed by atoms with Crippen molar-refractivity contribution in [2.45, 2.75) is 12.3 Å². The van der Waals surface area contributed by atoms with Gasteiger partial charge in [0.2, 0.25) is 18.4 Å². The molecule has 0 spiro atoms. The number of benzene rings is 1. The summed E-state index contributed by atoms with van der Waals surface area (Å²) in [5, 5.41) is 12.0. The van der Waals surface area contributed by atoms with Crippen LogP contribution < -0.4 is 24.8 Å². The van der Waals surface area contributed by atoms with Crippen molar-refractivity contribution in [3.63, 3.8) is 0 Å². The first-order chi connectivity index (χ1) is 12.1. The maximum atomic E-state index is 12.2. The van der Waals surface area contributed by atoms with Crippen LogP contribution in [-0.2, 0) is 4.79 Å². The van der Waals surface area contributed by atoms with Crippen molar-refractivity contribution in [2.75, 3.05) is 26.3 Å². The van der Waals surface area contributed by atoms with E-state index in [2.05, 4.69) is 20.8 Å². The average molecular weight is 344 g/mol. The smallest absolute Gasteiger partial charge is 0.269 e. The molecule has 2 aliphatic rings. The van der Waals surface area contributed by atoms with E-state index in [4.69, 9.17) is 14.2 Å². The quantitative estimate of drug-likeness (QED) is 0.765. The lowest BCUT2D eigenvalue weighted by molar-refractivity contribution is -0.116. The Hall–Kier alpha value is -3.23. The fourth-order valence-corrected chi connectivity index (χ4v) is 3.19. The molecule has 0 aliphatic carbocycles. The molecule has 2 aliphatic heterocycles. The van der Waals surface area contributed by atoms with E-state index in [-0.39, 0.29) is 30.9 Å². The number of carbonyl (C=O) groups is 2. The number of amides is 2. The molecular weight excluding hydrogens is 328 g/mol. The number of methoxy groups -OCH3 is 1. The molecule has 2 aromatic rings. The van der Waals surface area contributed by atoms with Gasteiger partial charge in [-0.2, -0.15) is 5.10 Å². The highest BCUT2D eigenvalue weighted by molar-refractivity contribution is 6.00. The van der Waals surface area contributed by atoms with Crippen LogP contribution in [0, 0.1) is 0 Å². The molecule has 0 saturated heterocycles. The van der Waals surface area contributed by atoms with Gasteiger partial charge in [-0.3, -0.25) is 14.7 Å². The van der Waals surface area contributed by atoms with E-state index >= 15 is 0 Å². The van der Waals surface area contributed by atoms with Crippen molar-refractivity contribution in [2.24, 2.45) is 0 Å². The first-order valence-electron chi connectivity index (χ1n) is 7.70. The fourth-order valence-electron chi connectivity index (χ4n) is 3.19. The number of fused-ring (bicyclic) bond motifs is 2. The number of carbonyl (C=O) groups excluding carboxylic acids is 2. The third kappa shape index (κ3) is 2.35. The lowest BCUT2D eigenvalue weighted by atomic mass is 9.85. The van der Waals surface area contributed by atoms with E-state index in [1.165, 1.54) is 14.2 Å². The zero-order chi connectivity index (χ0) is 17.6. The molecule has 1 atom stereocenters. The SMILES string of the molecule is CNC(=O)c1[nH]nc2c1[C@@H](c1cc(OC)c3c(c1)OCO3)CC(=O)N2. The number of rotatable bonds is 3. The van der Waals surface area contributed by atoms with Crippen LogP contribution in [0.1, 0.15) is 34.0 Å². The molecular formula is C16H16N4O5. The number of hydrogen-bond acceptors (Lipinski definition) is 6. The van der Waals surface area contributed by atoms with Crippen molar-refractivity contribution in [1.82, 2.24) is 15.5 Å². The highest BCUT2D eigenvalue weighted by atomic mass is 16.7. The molecule has 4 rings (SSSR count). The number of aromatic amines is 1. The van der Waals surface area contributed by atoms with Gasteiger partial charge in [0.05, 0.1) is 7.11 Å². The Morgan fingerprint density at radius 1 is 1.40 bits per heavy atom. The Balaban J connectivity index is 1.86. The molecule has 3 heterocycles. The third-order valence-corrected chi connectivity index (χ3v) is 4.34. The number of hydrogen-bond donors (Lipinski definition) is 3. The summed E-state index contributed by atoms with van der Waals surface area (Å²) in [5.41, 5.74) is 1.74. The number of ether oxygens (including phenoxy) is 3. The number of nitrogens with zero attached hydrogens (tertiary/aromatic N) is 1. The molecule has 0 fully saturated rings. The van der Waals surface area contributed by atoms with Crippen LogP contribution in [0.25, 0.3) is 0 Å². The lowest BCUT2D eigenvalue weighted by Gasteiger charge is -2.23. The predicted octanol–water partition coefficient (Wildman–Crippen LogP) is 0.981. The van der Waals surface area contributed by atoms with E-state index in [1.54, 1.807) is 12.1 Å². The molecule has 3 N–H and O–H groups in total. The molecule has 9 nitrogen and oxygen atoms in total. The summed E-state index contributed by atoms with van der Waals surface area (Å²) in [6.07, 6.45) is 0.180. The molecule has 0 unspecified atom stereocenters. The number of anilines is 1. The summed E-state index contributed by atoms with van der Waals surface area (Å²) in [6, 6.07) is 3.60. The maximum Gasteiger partial charge on any atom is 0.269 e. The van der Waals surface area contributed by atoms with Crippen molar-refractivity contribution in [3.8, 4) is 17.2 Å². The first kappa shape index (κ1) is 15.3. The van der Waals surface area contributed by atoms with Crippen LogP contribution in [0.3, 0.4) is 0 Å². The normalized spacial score (nSPS) is 17.7. The second-order valence-corrected chi connectivity index (χ2v) is 5.70. The van der Waals surface area contributed by atoms with Gasteiger partial charge in [-0.1, -0.05) is 0 Å². The van der Waals surface area contributed by atoms with E-state index < -0.39 is 0 Å². The second-order valence-electron chi connectivity index (χ2n) is 5.70. The topological polar surface area (TPSA) is 115 Å². The molecule has 0 bridgehead atoms. The van der Waals surface area contributed by atoms with Gasteiger partial charge in [-0.05, 0) is 17.7 Å². The number of H-pyrrole nitrogens is 1. The van der Waals surface area contributed by atoms with E-state index in [0.717, 1.165) is 5.56 Å². The maximum absolute atomic E-state index is 12.2. The van der Waals surface area contributed by atoms with Crippen molar-refractivity contribution in [1.29, 1.82) is 0 Å². The Labute approximate surface area is 142 Å². The van der Waals surface area contributed by atoms with Gasteiger partial charge in [0, 0.05) is 24.9 Å². The lowest BCUT2D eigenvalue weighted by Crippen LogP contribution is -2.26. The van der Waals surface area contributed by atoms with Gasteiger partial charge in [0.25, 0.3) is 5.91 Å². The Bertz CT molecular complexity index is 876. The van der Waals surface area contributed by atoms with Crippen LogP contribution in [0.4, 0.5) is 5.82 Å². The summed E-state index contributed by atoms with van der Waals surface area (Å²) in [4.78, 5) is 24.2. The van der Waals surface area contributed by atoms with Crippen LogP contribution in [0.2, 0.25) is 0 Å². The van der Waals surface area contributed by atoms with Gasteiger partial charge in [-0.15, -0.1) is 0 Å². The molecule has 130 valence electrons. The summed E-state index contributed by atoms with van der Waals surface area (Å²) >= 11 is 0. The van der Waals surface area contributed by atoms with Crippen molar-refractivity contribution in [3.05, 3.63) is 29.0 Å². The second kappa shape index (κ2) is 5.69. The molecule has 1 aromatic carbocycles. The number of aromatic nitrogens is 2. The van der Waals surface area contributed by atoms with Crippen LogP contribution in [-0.4, -0.2) is 43.0 Å². The van der Waals surface area contributed by atoms with Gasteiger partial charge in [0.15, 0.2) is 17.3 Å². The van der Waals surface area contributed by atoms with Gasteiger partial charge in [-0.25, -0.2) is 0 Å². The van der Waals surface area contributed by atoms with Crippen LogP contribution >= 0.6 is 0 Å². The minimum Gasteiger partial charge on any atom is -0.493 e. The summed E-state index contributed by atoms with van der Waals surface area (Å²) < 4.78 is 16.2. The summed E-state index contributed by atoms with van der Waals surface area (Å²) in [7, 11) is 3.07. The van der Waals surface area contributed by atoms with Gasteiger partial charge < -0.3 is 24.8 Å². The highest BCUT2D eigenvalue weighted by Gasteiger charge is 2.35. The minimum atomic E-state index is -0.363. The average Bonchev–Trinajstić information content (AvgIpc) is 3.25. The predicted molar refractivity (Wildman–Crippen MR) is 86.2 cm³/mol. The summed E-state index contributed by atoms with van der Waals surface area (Å²) in [5.74, 6) is 1.11. The van der Waals surface area contributed by atoms with Crippen molar-refractivity contribution >= 4 is 17.6 Å². The fraction of sp³-hybridized carbons (Fsp3) is 0.312. The standard InChI is InChI=1S/C16H16N4O5/c1-17-16(22)13-12-8(5-11(21)18-15(12)20-19-13)7-3-9(23-2)14-10(4-7)24-6-25-14/h3-4,8H,5-6H2,1-2H3,(H,17,22)(H2,18,19,20,21)/t8-/m1/s1. The highest BCUT2D eigenvalue weighted by Crippen LogP contribution is 2.46.